The predicted molar refractivity (Wildman–Crippen MR) is 121 cm³/mol. The zero-order chi connectivity index (χ0) is 25.4. The highest BCUT2D eigenvalue weighted by Crippen LogP contribution is 2.29. The van der Waals surface area contributed by atoms with Gasteiger partial charge in [-0.2, -0.15) is 4.98 Å². The third kappa shape index (κ3) is 8.24. The second kappa shape index (κ2) is 11.6. The van der Waals surface area contributed by atoms with Crippen molar-refractivity contribution in [1.82, 2.24) is 15.3 Å². The standard InChI is InChI=1S/C21H26F3N7O4/c22-21(23,24)35-17-4-2-1-3-14(17)10-28-20-29-11-16(31(33)34)19(30-20)27-9-13-5-7-15(8-6-13)26-12-18(25)32/h1-4,11,13,15,26H,5-10,12H2,(H2,25,32)(H2,27,28,29,30)/t13-,15-. The Balaban J connectivity index is 1.60. The fraction of sp³-hybridized carbons (Fsp3) is 0.476. The van der Waals surface area contributed by atoms with Crippen LogP contribution in [0.1, 0.15) is 31.2 Å². The van der Waals surface area contributed by atoms with Crippen molar-refractivity contribution in [2.75, 3.05) is 23.7 Å². The molecule has 0 aliphatic heterocycles. The van der Waals surface area contributed by atoms with Crippen molar-refractivity contribution in [1.29, 1.82) is 0 Å². The number of rotatable bonds is 11. The molecule has 1 aliphatic carbocycles. The summed E-state index contributed by atoms with van der Waals surface area (Å²) in [5, 5.41) is 20.3. The van der Waals surface area contributed by atoms with Crippen molar-refractivity contribution in [3.8, 4) is 5.75 Å². The number of carbonyl (C=O) groups excluding carboxylic acids is 1. The number of ether oxygens (including phenoxy) is 1. The monoisotopic (exact) mass is 497 g/mol. The van der Waals surface area contributed by atoms with E-state index < -0.39 is 17.2 Å². The normalized spacial score (nSPS) is 18.0. The van der Waals surface area contributed by atoms with Crippen molar-refractivity contribution < 1.29 is 27.6 Å². The molecule has 3 rings (SSSR count). The molecule has 11 nitrogen and oxygen atoms in total. The summed E-state index contributed by atoms with van der Waals surface area (Å²) in [4.78, 5) is 29.8. The van der Waals surface area contributed by atoms with E-state index in [2.05, 4.69) is 30.7 Å². The fourth-order valence-corrected chi connectivity index (χ4v) is 3.83. The second-order valence-electron chi connectivity index (χ2n) is 8.14. The first-order valence-electron chi connectivity index (χ1n) is 10.9. The molecule has 0 saturated heterocycles. The molecule has 1 fully saturated rings. The Hall–Kier alpha value is -3.68. The number of carbonyl (C=O) groups is 1. The maximum absolute atomic E-state index is 12.6. The van der Waals surface area contributed by atoms with Gasteiger partial charge in [0.1, 0.15) is 11.9 Å². The van der Waals surface area contributed by atoms with Crippen molar-refractivity contribution >= 4 is 23.4 Å². The van der Waals surface area contributed by atoms with Crippen molar-refractivity contribution in [2.45, 2.75) is 44.6 Å². The third-order valence-corrected chi connectivity index (χ3v) is 5.57. The molecule has 0 spiro atoms. The first kappa shape index (κ1) is 25.9. The summed E-state index contributed by atoms with van der Waals surface area (Å²) >= 11 is 0. The second-order valence-corrected chi connectivity index (χ2v) is 8.14. The molecule has 1 amide bonds. The molecule has 1 aromatic heterocycles. The average Bonchev–Trinajstić information content (AvgIpc) is 2.80. The summed E-state index contributed by atoms with van der Waals surface area (Å²) in [6, 6.07) is 5.81. The highest BCUT2D eigenvalue weighted by Gasteiger charge is 2.32. The number of primary amides is 1. The molecule has 14 heteroatoms. The lowest BCUT2D eigenvalue weighted by Gasteiger charge is -2.29. The molecule has 1 heterocycles. The van der Waals surface area contributed by atoms with Gasteiger partial charge in [0.25, 0.3) is 0 Å². The number of anilines is 2. The zero-order valence-corrected chi connectivity index (χ0v) is 18.7. The van der Waals surface area contributed by atoms with Gasteiger partial charge < -0.3 is 26.4 Å². The Labute approximate surface area is 198 Å². The van der Waals surface area contributed by atoms with Crippen LogP contribution in [0, 0.1) is 16.0 Å². The Morgan fingerprint density at radius 3 is 2.57 bits per heavy atom. The molecule has 190 valence electrons. The van der Waals surface area contributed by atoms with Gasteiger partial charge in [0, 0.05) is 24.7 Å². The predicted octanol–water partition coefficient (Wildman–Crippen LogP) is 2.94. The SMILES string of the molecule is NC(=O)CN[C@H]1CC[C@H](CNc2nc(NCc3ccccc3OC(F)(F)F)ncc2[N+](=O)[O-])CC1. The number of para-hydroxylation sites is 1. The van der Waals surface area contributed by atoms with E-state index in [-0.39, 0.29) is 53.8 Å². The lowest BCUT2D eigenvalue weighted by atomic mass is 9.86. The van der Waals surface area contributed by atoms with E-state index in [1.165, 1.54) is 18.2 Å². The summed E-state index contributed by atoms with van der Waals surface area (Å²) in [6.45, 7) is 0.483. The maximum atomic E-state index is 12.6. The number of nitrogens with zero attached hydrogens (tertiary/aromatic N) is 3. The van der Waals surface area contributed by atoms with E-state index in [9.17, 15) is 28.1 Å². The van der Waals surface area contributed by atoms with E-state index in [1.54, 1.807) is 6.07 Å². The van der Waals surface area contributed by atoms with Gasteiger partial charge in [0.2, 0.25) is 17.7 Å². The van der Waals surface area contributed by atoms with E-state index in [0.717, 1.165) is 31.9 Å². The van der Waals surface area contributed by atoms with Crippen LogP contribution in [0.25, 0.3) is 0 Å². The summed E-state index contributed by atoms with van der Waals surface area (Å²) < 4.78 is 41.9. The fourth-order valence-electron chi connectivity index (χ4n) is 3.83. The molecule has 0 bridgehead atoms. The molecule has 0 radical (unpaired) electrons. The van der Waals surface area contributed by atoms with Crippen LogP contribution >= 0.6 is 0 Å². The van der Waals surface area contributed by atoms with E-state index in [1.807, 2.05) is 0 Å². The summed E-state index contributed by atoms with van der Waals surface area (Å²) in [5.41, 5.74) is 5.05. The number of nitro groups is 1. The van der Waals surface area contributed by atoms with Gasteiger partial charge >= 0.3 is 12.0 Å². The van der Waals surface area contributed by atoms with Gasteiger partial charge in [-0.3, -0.25) is 14.9 Å². The Bertz CT molecular complexity index is 1030. The number of aromatic nitrogens is 2. The van der Waals surface area contributed by atoms with Crippen LogP contribution in [-0.2, 0) is 11.3 Å². The molecule has 0 unspecified atom stereocenters. The summed E-state index contributed by atoms with van der Waals surface area (Å²) in [6.07, 6.45) is -0.406. The van der Waals surface area contributed by atoms with Gasteiger partial charge in [-0.05, 0) is 37.7 Å². The minimum Gasteiger partial charge on any atom is -0.405 e. The van der Waals surface area contributed by atoms with E-state index in [0.29, 0.717) is 6.54 Å². The lowest BCUT2D eigenvalue weighted by molar-refractivity contribution is -0.384. The van der Waals surface area contributed by atoms with Crippen LogP contribution in [0.4, 0.5) is 30.6 Å². The van der Waals surface area contributed by atoms with Crippen molar-refractivity contribution in [3.63, 3.8) is 0 Å². The summed E-state index contributed by atoms with van der Waals surface area (Å²) in [7, 11) is 0. The van der Waals surface area contributed by atoms with Crippen LogP contribution in [0.5, 0.6) is 5.75 Å². The number of amides is 1. The quantitative estimate of drug-likeness (QED) is 0.271. The molecule has 5 N–H and O–H groups in total. The molecule has 2 aromatic rings. The first-order valence-corrected chi connectivity index (χ1v) is 10.9. The van der Waals surface area contributed by atoms with Crippen LogP contribution < -0.4 is 26.4 Å². The largest absolute Gasteiger partial charge is 0.573 e. The molecular weight excluding hydrogens is 471 g/mol. The van der Waals surface area contributed by atoms with Crippen LogP contribution in [0.15, 0.2) is 30.5 Å². The minimum absolute atomic E-state index is 0.0132. The summed E-state index contributed by atoms with van der Waals surface area (Å²) in [5.74, 6) is -0.501. The molecule has 1 saturated carbocycles. The molecule has 1 aromatic carbocycles. The number of nitrogens with one attached hydrogen (secondary N) is 3. The van der Waals surface area contributed by atoms with Crippen molar-refractivity contribution in [3.05, 3.63) is 46.1 Å². The van der Waals surface area contributed by atoms with Crippen molar-refractivity contribution in [2.24, 2.45) is 11.7 Å². The number of hydrogen-bond donors (Lipinski definition) is 4. The van der Waals surface area contributed by atoms with Gasteiger partial charge in [0.15, 0.2) is 0 Å². The topological polar surface area (TPSA) is 157 Å². The number of benzene rings is 1. The zero-order valence-electron chi connectivity index (χ0n) is 18.7. The van der Waals surface area contributed by atoms with Crippen LogP contribution in [0.3, 0.4) is 0 Å². The van der Waals surface area contributed by atoms with Crippen LogP contribution in [0.2, 0.25) is 0 Å². The number of nitrogens with two attached hydrogens (primary N) is 1. The first-order chi connectivity index (χ1) is 16.6. The minimum atomic E-state index is -4.84. The van der Waals surface area contributed by atoms with Gasteiger partial charge in [-0.1, -0.05) is 18.2 Å². The molecule has 35 heavy (non-hydrogen) atoms. The Morgan fingerprint density at radius 2 is 1.91 bits per heavy atom. The number of alkyl halides is 3. The maximum Gasteiger partial charge on any atom is 0.573 e. The van der Waals surface area contributed by atoms with E-state index in [4.69, 9.17) is 5.73 Å². The van der Waals surface area contributed by atoms with Crippen LogP contribution in [-0.4, -0.2) is 46.3 Å². The average molecular weight is 497 g/mol. The highest BCUT2D eigenvalue weighted by atomic mass is 19.4. The van der Waals surface area contributed by atoms with E-state index >= 15 is 0 Å². The van der Waals surface area contributed by atoms with Gasteiger partial charge in [-0.15, -0.1) is 13.2 Å². The molecule has 0 atom stereocenters. The Kier molecular flexibility index (Phi) is 8.63. The lowest BCUT2D eigenvalue weighted by Crippen LogP contribution is -2.39. The smallest absolute Gasteiger partial charge is 0.405 e. The molecule has 1 aliphatic rings. The van der Waals surface area contributed by atoms with Gasteiger partial charge in [-0.25, -0.2) is 4.98 Å². The number of halogens is 3. The third-order valence-electron chi connectivity index (χ3n) is 5.57. The molecular formula is C21H26F3N7O4. The number of hydrogen-bond acceptors (Lipinski definition) is 9. The Morgan fingerprint density at radius 1 is 1.20 bits per heavy atom. The highest BCUT2D eigenvalue weighted by molar-refractivity contribution is 5.75. The van der Waals surface area contributed by atoms with Gasteiger partial charge in [0.05, 0.1) is 11.5 Å².